The minimum atomic E-state index is -0.0335. The van der Waals surface area contributed by atoms with Gasteiger partial charge in [-0.3, -0.25) is 14.5 Å². The first-order chi connectivity index (χ1) is 12.0. The molecule has 7 heteroatoms. The normalized spacial score (nSPS) is 22.5. The summed E-state index contributed by atoms with van der Waals surface area (Å²) >= 11 is 0. The molecule has 26 heavy (non-hydrogen) atoms. The lowest BCUT2D eigenvalue weighted by Crippen LogP contribution is -2.38. The Balaban J connectivity index is 0.00000243. The molecule has 1 unspecified atom stereocenters. The number of likely N-dealkylation sites (tertiary alicyclic amines) is 1. The predicted octanol–water partition coefficient (Wildman–Crippen LogP) is 1.29. The zero-order valence-corrected chi connectivity index (χ0v) is 16.1. The highest BCUT2D eigenvalue weighted by molar-refractivity contribution is 5.94. The molecular weight excluding hydrogens is 352 g/mol. The number of amides is 2. The minimum absolute atomic E-state index is 0. The zero-order valence-electron chi connectivity index (χ0n) is 15.3. The zero-order chi connectivity index (χ0) is 17.9. The van der Waals surface area contributed by atoms with Crippen molar-refractivity contribution in [3.8, 4) is 0 Å². The minimum Gasteiger partial charge on any atom is -0.351 e. The Kier molecular flexibility index (Phi) is 7.03. The van der Waals surface area contributed by atoms with Crippen LogP contribution in [0, 0.1) is 5.41 Å². The highest BCUT2D eigenvalue weighted by atomic mass is 35.5. The number of carbonyl (C=O) groups is 2. The number of rotatable bonds is 7. The fraction of sp³-hybridized carbons (Fsp3) is 0.579. The molecule has 2 amide bonds. The molecule has 1 aromatic rings. The molecule has 2 aliphatic rings. The van der Waals surface area contributed by atoms with Gasteiger partial charge in [0.2, 0.25) is 5.91 Å². The molecule has 1 saturated carbocycles. The quantitative estimate of drug-likeness (QED) is 0.665. The summed E-state index contributed by atoms with van der Waals surface area (Å²) in [5, 5.41) is 5.93. The fourth-order valence-corrected chi connectivity index (χ4v) is 3.21. The second kappa shape index (κ2) is 8.84. The molecule has 1 aliphatic heterocycles. The highest BCUT2D eigenvalue weighted by Gasteiger charge is 2.33. The largest absolute Gasteiger partial charge is 0.351 e. The van der Waals surface area contributed by atoms with Gasteiger partial charge in [-0.2, -0.15) is 0 Å². The van der Waals surface area contributed by atoms with Gasteiger partial charge in [0.25, 0.3) is 5.91 Å². The molecular formula is C19H29ClN4O2. The topological polar surface area (TPSA) is 87.5 Å². The monoisotopic (exact) mass is 380 g/mol. The van der Waals surface area contributed by atoms with Gasteiger partial charge < -0.3 is 16.4 Å². The van der Waals surface area contributed by atoms with Crippen LogP contribution in [-0.2, 0) is 11.3 Å². The van der Waals surface area contributed by atoms with Gasteiger partial charge in [0.1, 0.15) is 0 Å². The van der Waals surface area contributed by atoms with Gasteiger partial charge in [0, 0.05) is 24.7 Å². The summed E-state index contributed by atoms with van der Waals surface area (Å²) in [7, 11) is 0. The summed E-state index contributed by atoms with van der Waals surface area (Å²) in [6.45, 7) is 5.44. The van der Waals surface area contributed by atoms with Crippen LogP contribution < -0.4 is 16.4 Å². The Morgan fingerprint density at radius 2 is 2.12 bits per heavy atom. The van der Waals surface area contributed by atoms with E-state index in [9.17, 15) is 9.59 Å². The number of hydrogen-bond acceptors (Lipinski definition) is 4. The molecule has 0 radical (unpaired) electrons. The molecule has 0 aromatic heterocycles. The van der Waals surface area contributed by atoms with Gasteiger partial charge in [-0.15, -0.1) is 12.4 Å². The summed E-state index contributed by atoms with van der Waals surface area (Å²) in [5.74, 6) is -0.0251. The summed E-state index contributed by atoms with van der Waals surface area (Å²) < 4.78 is 0. The Morgan fingerprint density at radius 3 is 2.77 bits per heavy atom. The number of nitrogens with one attached hydrogen (secondary N) is 2. The first-order valence-corrected chi connectivity index (χ1v) is 9.06. The molecule has 6 nitrogen and oxygen atoms in total. The van der Waals surface area contributed by atoms with Crippen molar-refractivity contribution in [1.82, 2.24) is 15.5 Å². The van der Waals surface area contributed by atoms with Crippen LogP contribution in [0.2, 0.25) is 0 Å². The predicted molar refractivity (Wildman–Crippen MR) is 104 cm³/mol. The lowest BCUT2D eigenvalue weighted by Gasteiger charge is -2.22. The Morgan fingerprint density at radius 1 is 1.35 bits per heavy atom. The van der Waals surface area contributed by atoms with Gasteiger partial charge >= 0.3 is 0 Å². The van der Waals surface area contributed by atoms with E-state index in [1.807, 2.05) is 18.2 Å². The lowest BCUT2D eigenvalue weighted by molar-refractivity contribution is -0.122. The number of hydrogen-bond donors (Lipinski definition) is 3. The van der Waals surface area contributed by atoms with E-state index in [-0.39, 0.29) is 29.6 Å². The third kappa shape index (κ3) is 5.69. The summed E-state index contributed by atoms with van der Waals surface area (Å²) in [4.78, 5) is 26.4. The van der Waals surface area contributed by atoms with E-state index in [4.69, 9.17) is 5.73 Å². The lowest BCUT2D eigenvalue weighted by atomic mass is 9.90. The molecule has 0 bridgehead atoms. The molecule has 1 aromatic carbocycles. The maximum atomic E-state index is 12.2. The van der Waals surface area contributed by atoms with E-state index in [1.165, 1.54) is 0 Å². The number of nitrogens with two attached hydrogens (primary N) is 1. The molecule has 3 rings (SSSR count). The van der Waals surface area contributed by atoms with Crippen LogP contribution in [0.25, 0.3) is 0 Å². The number of benzene rings is 1. The molecule has 1 aliphatic carbocycles. The number of halogens is 1. The average Bonchev–Trinajstić information content (AvgIpc) is 3.34. The molecule has 1 atom stereocenters. The van der Waals surface area contributed by atoms with Crippen molar-refractivity contribution in [3.05, 3.63) is 35.4 Å². The van der Waals surface area contributed by atoms with Crippen LogP contribution >= 0.6 is 12.4 Å². The van der Waals surface area contributed by atoms with Crippen LogP contribution in [0.4, 0.5) is 0 Å². The van der Waals surface area contributed by atoms with Crippen LogP contribution in [0.3, 0.4) is 0 Å². The SMILES string of the molecule is CC1(CN)CCN(CC(=O)NCc2cccc(C(=O)NC3CC3)c2)C1.Cl. The van der Waals surface area contributed by atoms with Crippen LogP contribution in [0.15, 0.2) is 24.3 Å². The second-order valence-corrected chi connectivity index (χ2v) is 7.70. The van der Waals surface area contributed by atoms with E-state index in [1.54, 1.807) is 6.07 Å². The van der Waals surface area contributed by atoms with E-state index in [0.717, 1.165) is 37.9 Å². The van der Waals surface area contributed by atoms with Crippen molar-refractivity contribution in [3.63, 3.8) is 0 Å². The molecule has 2 fully saturated rings. The summed E-state index contributed by atoms with van der Waals surface area (Å²) in [6.07, 6.45) is 3.18. The van der Waals surface area contributed by atoms with Crippen molar-refractivity contribution >= 4 is 24.2 Å². The smallest absolute Gasteiger partial charge is 0.251 e. The number of nitrogens with zero attached hydrogens (tertiary/aromatic N) is 1. The van der Waals surface area contributed by atoms with Gasteiger partial charge in [-0.1, -0.05) is 19.1 Å². The Bertz CT molecular complexity index is 650. The summed E-state index contributed by atoms with van der Waals surface area (Å²) in [5.41, 5.74) is 7.52. The van der Waals surface area contributed by atoms with Crippen LogP contribution in [0.5, 0.6) is 0 Å². The fourth-order valence-electron chi connectivity index (χ4n) is 3.21. The third-order valence-electron chi connectivity index (χ3n) is 5.09. The van der Waals surface area contributed by atoms with E-state index >= 15 is 0 Å². The van der Waals surface area contributed by atoms with Crippen LogP contribution in [-0.4, -0.2) is 48.9 Å². The van der Waals surface area contributed by atoms with E-state index < -0.39 is 0 Å². The van der Waals surface area contributed by atoms with Gasteiger partial charge in [0.15, 0.2) is 0 Å². The average molecular weight is 381 g/mol. The Hall–Kier alpha value is -1.63. The molecule has 0 spiro atoms. The van der Waals surface area contributed by atoms with Gasteiger partial charge in [-0.25, -0.2) is 0 Å². The Labute approximate surface area is 161 Å². The van der Waals surface area contributed by atoms with Crippen molar-refractivity contribution in [2.24, 2.45) is 11.1 Å². The van der Waals surface area contributed by atoms with Gasteiger partial charge in [0.05, 0.1) is 6.54 Å². The maximum Gasteiger partial charge on any atom is 0.251 e. The molecule has 1 saturated heterocycles. The number of carbonyl (C=O) groups excluding carboxylic acids is 2. The second-order valence-electron chi connectivity index (χ2n) is 7.70. The van der Waals surface area contributed by atoms with Crippen molar-refractivity contribution in [2.75, 3.05) is 26.2 Å². The van der Waals surface area contributed by atoms with Crippen LogP contribution in [0.1, 0.15) is 42.1 Å². The maximum absolute atomic E-state index is 12.2. The molecule has 144 valence electrons. The van der Waals surface area contributed by atoms with E-state index in [0.29, 0.717) is 31.2 Å². The third-order valence-corrected chi connectivity index (χ3v) is 5.09. The van der Waals surface area contributed by atoms with Crippen molar-refractivity contribution in [1.29, 1.82) is 0 Å². The van der Waals surface area contributed by atoms with Crippen molar-refractivity contribution in [2.45, 2.75) is 38.8 Å². The first kappa shape index (κ1) is 20.7. The molecule has 4 N–H and O–H groups in total. The first-order valence-electron chi connectivity index (χ1n) is 9.06. The molecule has 1 heterocycles. The standard InChI is InChI=1S/C19H28N4O2.ClH/c1-19(12-20)7-8-23(13-19)11-17(24)21-10-14-3-2-4-15(9-14)18(25)22-16-5-6-16;/h2-4,9,16H,5-8,10-13,20H2,1H3,(H,21,24)(H,22,25);1H. The van der Waals surface area contributed by atoms with Gasteiger partial charge in [-0.05, 0) is 55.5 Å². The highest BCUT2D eigenvalue weighted by Crippen LogP contribution is 2.27. The van der Waals surface area contributed by atoms with E-state index in [2.05, 4.69) is 22.5 Å². The summed E-state index contributed by atoms with van der Waals surface area (Å²) in [6, 6.07) is 7.78. The van der Waals surface area contributed by atoms with Crippen molar-refractivity contribution < 1.29 is 9.59 Å².